The monoisotopic (exact) mass is 451 g/mol. The van der Waals surface area contributed by atoms with Crippen molar-refractivity contribution in [3.05, 3.63) is 72.2 Å². The summed E-state index contributed by atoms with van der Waals surface area (Å²) in [6.45, 7) is 5.75. The molecule has 0 radical (unpaired) electrons. The van der Waals surface area contributed by atoms with Crippen LogP contribution in [0.15, 0.2) is 59.7 Å². The van der Waals surface area contributed by atoms with E-state index in [1.165, 1.54) is 23.7 Å². The van der Waals surface area contributed by atoms with Crippen LogP contribution in [0.1, 0.15) is 66.8 Å². The van der Waals surface area contributed by atoms with Gasteiger partial charge in [0.1, 0.15) is 6.04 Å². The first-order valence-electron chi connectivity index (χ1n) is 11.6. The van der Waals surface area contributed by atoms with Gasteiger partial charge in [0.25, 0.3) is 5.91 Å². The average Bonchev–Trinajstić information content (AvgIpc) is 3.38. The van der Waals surface area contributed by atoms with Gasteiger partial charge < -0.3 is 20.0 Å². The Bertz CT molecular complexity index is 931. The van der Waals surface area contributed by atoms with Gasteiger partial charge in [-0.25, -0.2) is 0 Å². The molecule has 1 aromatic heterocycles. The first kappa shape index (κ1) is 24.3. The zero-order valence-corrected chi connectivity index (χ0v) is 19.2. The third-order valence-corrected chi connectivity index (χ3v) is 6.01. The molecule has 3 amide bonds. The van der Waals surface area contributed by atoms with Gasteiger partial charge in [-0.05, 0) is 42.5 Å². The quantitative estimate of drug-likeness (QED) is 0.538. The first-order chi connectivity index (χ1) is 16.0. The standard InChI is InChI=1S/C26H33N3O4/c1-3-16-29(23(30)18-27-25(31)22-11-8-17-33-22)24(20-14-12-19(4-2)13-15-20)26(32)28-21-9-6-5-7-10-21/h3,8,11-15,17,21,24H,1,4-7,9-10,16,18H2,2H3,(H,27,31)(H,28,32)/t24-/m1/s1. The Kier molecular flexibility index (Phi) is 8.87. The molecule has 2 aromatic rings. The number of nitrogens with one attached hydrogen (secondary N) is 2. The number of hydrogen-bond acceptors (Lipinski definition) is 4. The minimum atomic E-state index is -0.816. The van der Waals surface area contributed by atoms with Gasteiger partial charge in [-0.2, -0.15) is 0 Å². The van der Waals surface area contributed by atoms with E-state index < -0.39 is 11.9 Å². The van der Waals surface area contributed by atoms with Gasteiger partial charge in [0.2, 0.25) is 11.8 Å². The molecule has 1 saturated carbocycles. The van der Waals surface area contributed by atoms with Gasteiger partial charge in [-0.1, -0.05) is 56.5 Å². The van der Waals surface area contributed by atoms with E-state index >= 15 is 0 Å². The molecule has 0 spiro atoms. The van der Waals surface area contributed by atoms with Crippen molar-refractivity contribution in [3.63, 3.8) is 0 Å². The fourth-order valence-electron chi connectivity index (χ4n) is 4.18. The van der Waals surface area contributed by atoms with Crippen LogP contribution in [-0.4, -0.2) is 41.8 Å². The molecule has 2 N–H and O–H groups in total. The number of rotatable bonds is 10. The Morgan fingerprint density at radius 3 is 2.48 bits per heavy atom. The van der Waals surface area contributed by atoms with Crippen LogP contribution in [0.4, 0.5) is 0 Å². The average molecular weight is 452 g/mol. The highest BCUT2D eigenvalue weighted by Crippen LogP contribution is 2.24. The molecule has 3 rings (SSSR count). The zero-order chi connectivity index (χ0) is 23.6. The molecular weight excluding hydrogens is 418 g/mol. The molecule has 176 valence electrons. The normalized spacial score (nSPS) is 14.8. The smallest absolute Gasteiger partial charge is 0.287 e. The molecule has 0 bridgehead atoms. The number of amides is 3. The SMILES string of the molecule is C=CCN(C(=O)CNC(=O)c1ccco1)[C@@H](C(=O)NC1CCCCC1)c1ccc(CC)cc1. The molecule has 1 heterocycles. The highest BCUT2D eigenvalue weighted by atomic mass is 16.3. The van der Waals surface area contributed by atoms with Crippen LogP contribution < -0.4 is 10.6 Å². The Hall–Kier alpha value is -3.35. The van der Waals surface area contributed by atoms with Crippen LogP contribution in [-0.2, 0) is 16.0 Å². The van der Waals surface area contributed by atoms with E-state index in [0.717, 1.165) is 43.2 Å². The number of nitrogens with zero attached hydrogens (tertiary/aromatic N) is 1. The molecule has 1 fully saturated rings. The second-order valence-corrected chi connectivity index (χ2v) is 8.34. The van der Waals surface area contributed by atoms with Crippen molar-refractivity contribution in [2.24, 2.45) is 0 Å². The van der Waals surface area contributed by atoms with Gasteiger partial charge in [0.05, 0.1) is 12.8 Å². The number of aryl methyl sites for hydroxylation is 1. The molecule has 1 aliphatic rings. The summed E-state index contributed by atoms with van der Waals surface area (Å²) in [5.74, 6) is -0.945. The number of carbonyl (C=O) groups excluding carboxylic acids is 3. The van der Waals surface area contributed by atoms with Gasteiger partial charge in [0.15, 0.2) is 5.76 Å². The molecule has 1 aromatic carbocycles. The van der Waals surface area contributed by atoms with Gasteiger partial charge in [-0.3, -0.25) is 14.4 Å². The predicted molar refractivity (Wildman–Crippen MR) is 127 cm³/mol. The van der Waals surface area contributed by atoms with Crippen LogP contribution in [0.25, 0.3) is 0 Å². The molecule has 7 nitrogen and oxygen atoms in total. The van der Waals surface area contributed by atoms with Gasteiger partial charge in [-0.15, -0.1) is 6.58 Å². The molecule has 0 aliphatic heterocycles. The zero-order valence-electron chi connectivity index (χ0n) is 19.2. The molecule has 0 saturated heterocycles. The van der Waals surface area contributed by atoms with Crippen molar-refractivity contribution in [2.75, 3.05) is 13.1 Å². The summed E-state index contributed by atoms with van der Waals surface area (Å²) in [6, 6.07) is 10.2. The van der Waals surface area contributed by atoms with E-state index in [1.807, 2.05) is 24.3 Å². The molecular formula is C26H33N3O4. The lowest BCUT2D eigenvalue weighted by Crippen LogP contribution is -2.49. The lowest BCUT2D eigenvalue weighted by molar-refractivity contribution is -0.139. The third kappa shape index (κ3) is 6.57. The van der Waals surface area contributed by atoms with E-state index in [1.54, 1.807) is 12.1 Å². The minimum absolute atomic E-state index is 0.114. The number of benzene rings is 1. The van der Waals surface area contributed by atoms with Gasteiger partial charge in [0, 0.05) is 12.6 Å². The minimum Gasteiger partial charge on any atom is -0.459 e. The summed E-state index contributed by atoms with van der Waals surface area (Å²) in [4.78, 5) is 40.4. The highest BCUT2D eigenvalue weighted by molar-refractivity contribution is 5.95. The maximum absolute atomic E-state index is 13.5. The Labute approximate surface area is 195 Å². The number of hydrogen-bond donors (Lipinski definition) is 2. The topological polar surface area (TPSA) is 91.7 Å². The van der Waals surface area contributed by atoms with Crippen LogP contribution in [0.3, 0.4) is 0 Å². The Balaban J connectivity index is 1.81. The molecule has 33 heavy (non-hydrogen) atoms. The van der Waals surface area contributed by atoms with Crippen molar-refractivity contribution in [3.8, 4) is 0 Å². The summed E-state index contributed by atoms with van der Waals surface area (Å²) < 4.78 is 5.08. The van der Waals surface area contributed by atoms with Crippen molar-refractivity contribution < 1.29 is 18.8 Å². The summed E-state index contributed by atoms with van der Waals surface area (Å²) in [5, 5.41) is 5.74. The molecule has 7 heteroatoms. The summed E-state index contributed by atoms with van der Waals surface area (Å²) >= 11 is 0. The maximum atomic E-state index is 13.5. The van der Waals surface area contributed by atoms with Crippen LogP contribution >= 0.6 is 0 Å². The van der Waals surface area contributed by atoms with Crippen LogP contribution in [0, 0.1) is 0 Å². The van der Waals surface area contributed by atoms with E-state index in [9.17, 15) is 14.4 Å². The summed E-state index contributed by atoms with van der Waals surface area (Å²) in [7, 11) is 0. The van der Waals surface area contributed by atoms with Crippen LogP contribution in [0.2, 0.25) is 0 Å². The molecule has 1 atom stereocenters. The van der Waals surface area contributed by atoms with Crippen molar-refractivity contribution in [1.82, 2.24) is 15.5 Å². The van der Waals surface area contributed by atoms with Crippen molar-refractivity contribution in [2.45, 2.75) is 57.5 Å². The fraction of sp³-hybridized carbons (Fsp3) is 0.423. The second-order valence-electron chi connectivity index (χ2n) is 8.34. The molecule has 0 unspecified atom stereocenters. The van der Waals surface area contributed by atoms with E-state index in [-0.39, 0.29) is 36.7 Å². The fourth-order valence-corrected chi connectivity index (χ4v) is 4.18. The Morgan fingerprint density at radius 1 is 1.15 bits per heavy atom. The van der Waals surface area contributed by atoms with E-state index in [0.29, 0.717) is 0 Å². The highest BCUT2D eigenvalue weighted by Gasteiger charge is 2.32. The first-order valence-corrected chi connectivity index (χ1v) is 11.6. The van der Waals surface area contributed by atoms with E-state index in [4.69, 9.17) is 4.42 Å². The van der Waals surface area contributed by atoms with Crippen LogP contribution in [0.5, 0.6) is 0 Å². The Morgan fingerprint density at radius 2 is 1.88 bits per heavy atom. The third-order valence-electron chi connectivity index (χ3n) is 6.01. The van der Waals surface area contributed by atoms with E-state index in [2.05, 4.69) is 24.1 Å². The van der Waals surface area contributed by atoms with Gasteiger partial charge >= 0.3 is 0 Å². The van der Waals surface area contributed by atoms with Crippen molar-refractivity contribution >= 4 is 17.7 Å². The largest absolute Gasteiger partial charge is 0.459 e. The lowest BCUT2D eigenvalue weighted by atomic mass is 9.94. The summed E-state index contributed by atoms with van der Waals surface area (Å²) in [5.41, 5.74) is 1.88. The molecule has 1 aliphatic carbocycles. The number of carbonyl (C=O) groups is 3. The predicted octanol–water partition coefficient (Wildman–Crippen LogP) is 3.78. The number of furan rings is 1. The second kappa shape index (κ2) is 12.0. The maximum Gasteiger partial charge on any atom is 0.287 e. The van der Waals surface area contributed by atoms with Crippen molar-refractivity contribution in [1.29, 1.82) is 0 Å². The lowest BCUT2D eigenvalue weighted by Gasteiger charge is -2.33. The summed E-state index contributed by atoms with van der Waals surface area (Å²) in [6.07, 6.45) is 9.13.